The van der Waals surface area contributed by atoms with Crippen LogP contribution in [0.5, 0.6) is 5.75 Å². The van der Waals surface area contributed by atoms with Gasteiger partial charge < -0.3 is 20.3 Å². The molecule has 0 radical (unpaired) electrons. The molecule has 6 rings (SSSR count). The lowest BCUT2D eigenvalue weighted by Crippen LogP contribution is -2.31. The third-order valence-electron chi connectivity index (χ3n) is 6.62. The first kappa shape index (κ1) is 24.6. The van der Waals surface area contributed by atoms with Gasteiger partial charge in [0.15, 0.2) is 5.82 Å². The van der Waals surface area contributed by atoms with Gasteiger partial charge in [-0.25, -0.2) is 4.98 Å². The molecule has 3 aromatic heterocycles. The van der Waals surface area contributed by atoms with Crippen LogP contribution in [0.4, 0.5) is 17.2 Å². The summed E-state index contributed by atoms with van der Waals surface area (Å²) < 4.78 is 6.85. The third-order valence-corrected chi connectivity index (χ3v) is 7.58. The Morgan fingerprint density at radius 1 is 1.03 bits per heavy atom. The number of rotatable bonds is 6. The molecule has 2 N–H and O–H groups in total. The van der Waals surface area contributed by atoms with Gasteiger partial charge in [-0.05, 0) is 42.8 Å². The van der Waals surface area contributed by atoms with E-state index < -0.39 is 0 Å². The molecule has 0 fully saturated rings. The van der Waals surface area contributed by atoms with Gasteiger partial charge >= 0.3 is 0 Å². The number of anilines is 3. The van der Waals surface area contributed by atoms with Crippen molar-refractivity contribution in [2.24, 2.45) is 0 Å². The number of carbonyl (C=O) groups excluding carboxylic acids is 2. The Kier molecular flexibility index (Phi) is 6.64. The summed E-state index contributed by atoms with van der Waals surface area (Å²) in [4.78, 5) is 37.6. The van der Waals surface area contributed by atoms with Gasteiger partial charge in [0.05, 0.1) is 35.1 Å². The van der Waals surface area contributed by atoms with E-state index in [2.05, 4.69) is 20.6 Å². The van der Waals surface area contributed by atoms with E-state index in [1.807, 2.05) is 77.9 Å². The molecule has 39 heavy (non-hydrogen) atoms. The fraction of sp³-hybridized carbons (Fsp3) is 0.133. The minimum absolute atomic E-state index is 0.257. The quantitative estimate of drug-likeness (QED) is 0.278. The number of para-hydroxylation sites is 2. The van der Waals surface area contributed by atoms with E-state index in [1.165, 1.54) is 17.5 Å². The molecular weight excluding hydrogens is 510 g/mol. The summed E-state index contributed by atoms with van der Waals surface area (Å²) in [6.45, 7) is 2.90. The Bertz CT molecular complexity index is 1670. The standard InChI is InChI=1S/C30H25N5O3S/c1-19(20-7-6-12-31-16-20)33-29(36)21-15-24(34-30(37)23-18-39-27-11-5-2-8-22(23)27)28(32-17-21)35-13-14-38-26-10-4-3-9-25(26)35/h2-12,15-19H,13-14H2,1H3,(H,33,36)(H,34,37)/t19-/m1/s1. The van der Waals surface area contributed by atoms with Crippen LogP contribution >= 0.6 is 11.3 Å². The lowest BCUT2D eigenvalue weighted by Gasteiger charge is -2.31. The Morgan fingerprint density at radius 3 is 2.74 bits per heavy atom. The first-order valence-electron chi connectivity index (χ1n) is 12.6. The Balaban J connectivity index is 1.36. The van der Waals surface area contributed by atoms with Crippen LogP contribution in [-0.2, 0) is 0 Å². The van der Waals surface area contributed by atoms with Gasteiger partial charge in [-0.2, -0.15) is 0 Å². The first-order valence-corrected chi connectivity index (χ1v) is 13.4. The highest BCUT2D eigenvalue weighted by Crippen LogP contribution is 2.39. The first-order chi connectivity index (χ1) is 19.1. The molecule has 1 aliphatic rings. The third kappa shape index (κ3) is 4.92. The zero-order valence-corrected chi connectivity index (χ0v) is 21.9. The van der Waals surface area contributed by atoms with Crippen LogP contribution in [0.25, 0.3) is 10.1 Å². The second-order valence-corrected chi connectivity index (χ2v) is 10.1. The van der Waals surface area contributed by atoms with Gasteiger partial charge in [0.1, 0.15) is 12.4 Å². The Hall–Kier alpha value is -4.76. The molecular formula is C30H25N5O3S. The van der Waals surface area contributed by atoms with Crippen LogP contribution in [0.15, 0.2) is 90.7 Å². The summed E-state index contributed by atoms with van der Waals surface area (Å²) in [5.74, 6) is 0.705. The number of fused-ring (bicyclic) bond motifs is 2. The van der Waals surface area contributed by atoms with Gasteiger partial charge in [0.2, 0.25) is 0 Å². The SMILES string of the molecule is C[C@@H](NC(=O)c1cnc(N2CCOc3ccccc32)c(NC(=O)c2csc3ccccc23)c1)c1cccnc1. The molecule has 0 saturated heterocycles. The molecule has 4 heterocycles. The minimum Gasteiger partial charge on any atom is -0.490 e. The lowest BCUT2D eigenvalue weighted by atomic mass is 10.1. The monoisotopic (exact) mass is 535 g/mol. The van der Waals surface area contributed by atoms with Gasteiger partial charge in [0.25, 0.3) is 11.8 Å². The van der Waals surface area contributed by atoms with Crippen LogP contribution in [-0.4, -0.2) is 34.9 Å². The number of hydrogen-bond acceptors (Lipinski definition) is 7. The van der Waals surface area contributed by atoms with Crippen molar-refractivity contribution in [1.82, 2.24) is 15.3 Å². The molecule has 2 amide bonds. The van der Waals surface area contributed by atoms with Crippen molar-refractivity contribution in [3.8, 4) is 5.75 Å². The van der Waals surface area contributed by atoms with Gasteiger partial charge in [-0.1, -0.05) is 36.4 Å². The molecule has 0 spiro atoms. The molecule has 5 aromatic rings. The maximum absolute atomic E-state index is 13.5. The van der Waals surface area contributed by atoms with E-state index in [0.29, 0.717) is 35.8 Å². The van der Waals surface area contributed by atoms with Crippen LogP contribution in [0, 0.1) is 0 Å². The molecule has 0 bridgehead atoms. The van der Waals surface area contributed by atoms with E-state index in [9.17, 15) is 9.59 Å². The smallest absolute Gasteiger partial charge is 0.257 e. The number of nitrogens with zero attached hydrogens (tertiary/aromatic N) is 3. The normalized spacial score (nSPS) is 13.3. The van der Waals surface area contributed by atoms with E-state index in [-0.39, 0.29) is 17.9 Å². The summed E-state index contributed by atoms with van der Waals surface area (Å²) in [5.41, 5.74) is 3.08. The van der Waals surface area contributed by atoms with Crippen molar-refractivity contribution < 1.29 is 14.3 Å². The van der Waals surface area contributed by atoms with E-state index in [4.69, 9.17) is 4.74 Å². The van der Waals surface area contributed by atoms with Crippen LogP contribution in [0.2, 0.25) is 0 Å². The molecule has 2 aromatic carbocycles. The number of nitrogens with one attached hydrogen (secondary N) is 2. The maximum Gasteiger partial charge on any atom is 0.257 e. The lowest BCUT2D eigenvalue weighted by molar-refractivity contribution is 0.0938. The highest BCUT2D eigenvalue weighted by atomic mass is 32.1. The fourth-order valence-corrected chi connectivity index (χ4v) is 5.56. The highest BCUT2D eigenvalue weighted by Gasteiger charge is 2.25. The molecule has 0 saturated carbocycles. The predicted octanol–water partition coefficient (Wildman–Crippen LogP) is 5.97. The van der Waals surface area contributed by atoms with Crippen molar-refractivity contribution in [2.75, 3.05) is 23.4 Å². The topological polar surface area (TPSA) is 96.5 Å². The molecule has 194 valence electrons. The molecule has 1 aliphatic heterocycles. The average molecular weight is 536 g/mol. The summed E-state index contributed by atoms with van der Waals surface area (Å²) in [6.07, 6.45) is 4.95. The van der Waals surface area contributed by atoms with Crippen LogP contribution < -0.4 is 20.3 Å². The van der Waals surface area contributed by atoms with Crippen LogP contribution in [0.1, 0.15) is 39.2 Å². The second kappa shape index (κ2) is 10.5. The largest absolute Gasteiger partial charge is 0.490 e. The maximum atomic E-state index is 13.5. The Morgan fingerprint density at radius 2 is 1.87 bits per heavy atom. The number of carbonyl (C=O) groups is 2. The summed E-state index contributed by atoms with van der Waals surface area (Å²) in [5, 5.41) is 8.77. The highest BCUT2D eigenvalue weighted by molar-refractivity contribution is 7.17. The van der Waals surface area contributed by atoms with E-state index >= 15 is 0 Å². The zero-order valence-electron chi connectivity index (χ0n) is 21.1. The number of benzene rings is 2. The fourth-order valence-electron chi connectivity index (χ4n) is 4.62. The van der Waals surface area contributed by atoms with Crippen molar-refractivity contribution in [3.05, 3.63) is 107 Å². The van der Waals surface area contributed by atoms with Crippen molar-refractivity contribution >= 4 is 50.4 Å². The minimum atomic E-state index is -0.302. The molecule has 8 nitrogen and oxygen atoms in total. The summed E-state index contributed by atoms with van der Waals surface area (Å²) in [7, 11) is 0. The second-order valence-electron chi connectivity index (χ2n) is 9.14. The number of amides is 2. The molecule has 1 atom stereocenters. The van der Waals surface area contributed by atoms with Crippen LogP contribution in [0.3, 0.4) is 0 Å². The summed E-state index contributed by atoms with van der Waals surface area (Å²) in [6, 6.07) is 20.6. The predicted molar refractivity (Wildman–Crippen MR) is 153 cm³/mol. The zero-order chi connectivity index (χ0) is 26.8. The number of ether oxygens (including phenoxy) is 1. The van der Waals surface area contributed by atoms with E-state index in [1.54, 1.807) is 18.5 Å². The van der Waals surface area contributed by atoms with Crippen molar-refractivity contribution in [1.29, 1.82) is 0 Å². The Labute approximate surface area is 229 Å². The molecule has 0 unspecified atom stereocenters. The van der Waals surface area contributed by atoms with Crippen molar-refractivity contribution in [2.45, 2.75) is 13.0 Å². The van der Waals surface area contributed by atoms with Gasteiger partial charge in [-0.3, -0.25) is 14.6 Å². The molecule has 9 heteroatoms. The summed E-state index contributed by atoms with van der Waals surface area (Å²) >= 11 is 1.52. The van der Waals surface area contributed by atoms with Gasteiger partial charge in [0, 0.05) is 34.1 Å². The average Bonchev–Trinajstić information content (AvgIpc) is 3.42. The number of thiophene rings is 1. The number of pyridine rings is 2. The van der Waals surface area contributed by atoms with E-state index in [0.717, 1.165) is 27.1 Å². The number of aromatic nitrogens is 2. The molecule has 0 aliphatic carbocycles. The number of hydrogen-bond donors (Lipinski definition) is 2. The van der Waals surface area contributed by atoms with Gasteiger partial charge in [-0.15, -0.1) is 11.3 Å². The van der Waals surface area contributed by atoms with Crippen molar-refractivity contribution in [3.63, 3.8) is 0 Å².